The second-order valence-electron chi connectivity index (χ2n) is 12.5. The molecule has 1 aromatic carbocycles. The molecule has 1 aromatic rings. The van der Waals surface area contributed by atoms with Crippen molar-refractivity contribution >= 4 is 0 Å². The van der Waals surface area contributed by atoms with Gasteiger partial charge in [0.25, 0.3) is 0 Å². The molecule has 0 heterocycles. The highest BCUT2D eigenvalue weighted by atomic mass is 16.5. The van der Waals surface area contributed by atoms with Gasteiger partial charge in [-0.15, -0.1) is 0 Å². The van der Waals surface area contributed by atoms with Crippen molar-refractivity contribution in [2.45, 2.75) is 153 Å². The first-order chi connectivity index (χ1) is 17.2. The summed E-state index contributed by atoms with van der Waals surface area (Å²) in [6.07, 6.45) is 31.3. The number of ether oxygens (including phenoxy) is 1. The number of benzene rings is 1. The number of hydrogen-bond acceptors (Lipinski definition) is 1. The van der Waals surface area contributed by atoms with E-state index in [4.69, 9.17) is 4.74 Å². The van der Waals surface area contributed by atoms with E-state index in [1.165, 1.54) is 122 Å². The fraction of sp³-hybridized carbons (Fsp3) is 0.765. The monoisotopic (exact) mass is 478 g/mol. The van der Waals surface area contributed by atoms with E-state index >= 15 is 0 Å². The Labute approximate surface area is 217 Å². The van der Waals surface area contributed by atoms with Crippen molar-refractivity contribution in [3.8, 4) is 0 Å². The Hall–Kier alpha value is -1.08. The molecule has 0 aromatic heterocycles. The summed E-state index contributed by atoms with van der Waals surface area (Å²) in [5, 5.41) is 0. The van der Waals surface area contributed by atoms with Crippen molar-refractivity contribution in [3.63, 3.8) is 0 Å². The van der Waals surface area contributed by atoms with Crippen molar-refractivity contribution in [2.24, 2.45) is 5.41 Å². The van der Waals surface area contributed by atoms with Crippen LogP contribution in [-0.2, 0) is 10.2 Å². The lowest BCUT2D eigenvalue weighted by atomic mass is 9.51. The maximum Gasteiger partial charge on any atom is 0.0651 e. The van der Waals surface area contributed by atoms with Crippen LogP contribution in [-0.4, -0.2) is 12.7 Å². The Kier molecular flexibility index (Phi) is 10.4. The van der Waals surface area contributed by atoms with E-state index in [2.05, 4.69) is 50.3 Å². The summed E-state index contributed by atoms with van der Waals surface area (Å²) < 4.78 is 6.14. The summed E-state index contributed by atoms with van der Waals surface area (Å²) in [5.41, 5.74) is 4.44. The highest BCUT2D eigenvalue weighted by Crippen LogP contribution is 2.59. The molecule has 1 nitrogen and oxygen atoms in total. The lowest BCUT2D eigenvalue weighted by Gasteiger charge is -2.54. The normalized spacial score (nSPS) is 30.8. The van der Waals surface area contributed by atoms with Crippen molar-refractivity contribution in [1.82, 2.24) is 0 Å². The molecule has 35 heavy (non-hydrogen) atoms. The third-order valence-electron chi connectivity index (χ3n) is 10.2. The predicted octanol–water partition coefficient (Wildman–Crippen LogP) is 10.4. The quantitative estimate of drug-likeness (QED) is 0.191. The van der Waals surface area contributed by atoms with Crippen molar-refractivity contribution < 1.29 is 4.74 Å². The third-order valence-corrected chi connectivity index (χ3v) is 10.2. The topological polar surface area (TPSA) is 9.23 Å². The van der Waals surface area contributed by atoms with E-state index in [0.717, 1.165) is 12.5 Å². The summed E-state index contributed by atoms with van der Waals surface area (Å²) >= 11 is 0. The molecular weight excluding hydrogens is 424 g/mol. The second kappa shape index (κ2) is 13.5. The Morgan fingerprint density at radius 2 is 1.40 bits per heavy atom. The maximum atomic E-state index is 6.14. The average Bonchev–Trinajstić information content (AvgIpc) is 2.92. The van der Waals surface area contributed by atoms with Crippen LogP contribution in [0.2, 0.25) is 0 Å². The fourth-order valence-electron chi connectivity index (χ4n) is 7.55. The van der Waals surface area contributed by atoms with Gasteiger partial charge in [0.15, 0.2) is 0 Å². The van der Waals surface area contributed by atoms with E-state index in [-0.39, 0.29) is 0 Å². The van der Waals surface area contributed by atoms with Crippen LogP contribution in [0.3, 0.4) is 0 Å². The fourth-order valence-corrected chi connectivity index (χ4v) is 7.55. The van der Waals surface area contributed by atoms with Gasteiger partial charge in [0.2, 0.25) is 0 Å². The van der Waals surface area contributed by atoms with E-state index < -0.39 is 0 Å². The zero-order chi connectivity index (χ0) is 24.4. The minimum Gasteiger partial charge on any atom is -0.374 e. The average molecular weight is 479 g/mol. The van der Waals surface area contributed by atoms with Gasteiger partial charge in [-0.2, -0.15) is 0 Å². The van der Waals surface area contributed by atoms with Gasteiger partial charge in [-0.25, -0.2) is 0 Å². The van der Waals surface area contributed by atoms with E-state index in [1.807, 2.05) is 0 Å². The molecule has 4 saturated carbocycles. The van der Waals surface area contributed by atoms with E-state index in [1.54, 1.807) is 11.1 Å². The largest absolute Gasteiger partial charge is 0.374 e. The standard InChI is InChI=1S/C34H54O/c1-3-5-7-9-11-21-33-22-25-34(26-23-33,27-24-33)31-17-13-29(14-18-31)30-15-19-32(20-16-30)35-28-12-10-8-6-4-2/h10,12-14,17-18,30,32H,3-9,11,15-16,19-28H2,1-2H3/b12-10+/t30-,32-,33?,34?. The van der Waals surface area contributed by atoms with Gasteiger partial charge >= 0.3 is 0 Å². The molecule has 5 rings (SSSR count). The zero-order valence-corrected chi connectivity index (χ0v) is 23.2. The molecule has 4 aliphatic carbocycles. The number of rotatable bonds is 14. The molecule has 4 fully saturated rings. The first-order valence-electron chi connectivity index (χ1n) is 15.6. The molecule has 0 saturated heterocycles. The SMILES string of the molecule is CCCC/C=C/CO[C@H]1CC[C@H](c2ccc(C34CCC(CCCCCCC)(CC3)CC4)cc2)CC1. The smallest absolute Gasteiger partial charge is 0.0651 e. The zero-order valence-electron chi connectivity index (χ0n) is 23.2. The van der Waals surface area contributed by atoms with E-state index in [9.17, 15) is 0 Å². The summed E-state index contributed by atoms with van der Waals surface area (Å²) in [5.74, 6) is 0.736. The van der Waals surface area contributed by atoms with Gasteiger partial charge in [-0.3, -0.25) is 0 Å². The van der Waals surface area contributed by atoms with Crippen LogP contribution in [0.25, 0.3) is 0 Å². The van der Waals surface area contributed by atoms with Gasteiger partial charge in [0, 0.05) is 0 Å². The van der Waals surface area contributed by atoms with Gasteiger partial charge < -0.3 is 4.74 Å². The highest BCUT2D eigenvalue weighted by Gasteiger charge is 2.48. The molecule has 0 atom stereocenters. The first-order valence-corrected chi connectivity index (χ1v) is 15.6. The van der Waals surface area contributed by atoms with E-state index in [0.29, 0.717) is 16.9 Å². The van der Waals surface area contributed by atoms with Gasteiger partial charge in [0.05, 0.1) is 12.7 Å². The molecular formula is C34H54O. The molecule has 1 heteroatoms. The molecule has 0 aliphatic heterocycles. The summed E-state index contributed by atoms with van der Waals surface area (Å²) in [6.45, 7) is 5.38. The molecule has 2 bridgehead atoms. The molecule has 0 unspecified atom stereocenters. The number of fused-ring (bicyclic) bond motifs is 3. The Morgan fingerprint density at radius 3 is 2.06 bits per heavy atom. The van der Waals surface area contributed by atoms with Crippen molar-refractivity contribution in [2.75, 3.05) is 6.61 Å². The molecule has 0 N–H and O–H groups in total. The molecule has 0 radical (unpaired) electrons. The van der Waals surface area contributed by atoms with Crippen LogP contribution in [0.4, 0.5) is 0 Å². The third kappa shape index (κ3) is 7.24. The van der Waals surface area contributed by atoms with Crippen LogP contribution >= 0.6 is 0 Å². The first kappa shape index (κ1) is 27.0. The second-order valence-corrected chi connectivity index (χ2v) is 12.5. The molecule has 196 valence electrons. The van der Waals surface area contributed by atoms with Crippen LogP contribution in [0, 0.1) is 5.41 Å². The molecule has 4 aliphatic rings. The van der Waals surface area contributed by atoms with Crippen molar-refractivity contribution in [1.29, 1.82) is 0 Å². The number of hydrogen-bond donors (Lipinski definition) is 0. The summed E-state index contributed by atoms with van der Waals surface area (Å²) in [7, 11) is 0. The van der Waals surface area contributed by atoms with Crippen LogP contribution in [0.15, 0.2) is 36.4 Å². The summed E-state index contributed by atoms with van der Waals surface area (Å²) in [6, 6.07) is 10.1. The lowest BCUT2D eigenvalue weighted by molar-refractivity contribution is 0.0304. The van der Waals surface area contributed by atoms with Crippen molar-refractivity contribution in [3.05, 3.63) is 47.5 Å². The summed E-state index contributed by atoms with van der Waals surface area (Å²) in [4.78, 5) is 0. The highest BCUT2D eigenvalue weighted by molar-refractivity contribution is 5.33. The molecule has 0 amide bonds. The minimum atomic E-state index is 0.469. The Balaban J connectivity index is 1.21. The lowest BCUT2D eigenvalue weighted by Crippen LogP contribution is -2.44. The Bertz CT molecular complexity index is 727. The minimum absolute atomic E-state index is 0.469. The van der Waals surface area contributed by atoms with Crippen LogP contribution < -0.4 is 0 Å². The number of allylic oxidation sites excluding steroid dienone is 1. The Morgan fingerprint density at radius 1 is 0.743 bits per heavy atom. The van der Waals surface area contributed by atoms with Gasteiger partial charge in [0.1, 0.15) is 0 Å². The molecule has 0 spiro atoms. The predicted molar refractivity (Wildman–Crippen MR) is 151 cm³/mol. The maximum absolute atomic E-state index is 6.14. The van der Waals surface area contributed by atoms with Crippen LogP contribution in [0.1, 0.15) is 153 Å². The number of unbranched alkanes of at least 4 members (excludes halogenated alkanes) is 6. The van der Waals surface area contributed by atoms with Gasteiger partial charge in [-0.05, 0) is 105 Å². The van der Waals surface area contributed by atoms with Gasteiger partial charge in [-0.1, -0.05) is 95.2 Å². The van der Waals surface area contributed by atoms with Crippen LogP contribution in [0.5, 0.6) is 0 Å².